The van der Waals surface area contributed by atoms with Crippen molar-refractivity contribution in [2.45, 2.75) is 81.9 Å². The molecule has 2 fully saturated rings. The van der Waals surface area contributed by atoms with E-state index in [1.807, 2.05) is 12.1 Å². The van der Waals surface area contributed by atoms with E-state index in [0.717, 1.165) is 12.1 Å². The zero-order valence-corrected chi connectivity index (χ0v) is 18.8. The summed E-state index contributed by atoms with van der Waals surface area (Å²) in [6, 6.07) is 19.7. The second-order valence-electron chi connectivity index (χ2n) is 8.76. The van der Waals surface area contributed by atoms with Gasteiger partial charge in [-0.15, -0.1) is 0 Å². The molecular formula is C27H37NO3. The number of carboxylic acids is 1. The van der Waals surface area contributed by atoms with Gasteiger partial charge in [-0.3, -0.25) is 0 Å². The number of rotatable bonds is 6. The van der Waals surface area contributed by atoms with E-state index < -0.39 is 11.6 Å². The monoisotopic (exact) mass is 423 g/mol. The summed E-state index contributed by atoms with van der Waals surface area (Å²) in [5, 5.41) is 13.5. The highest BCUT2D eigenvalue weighted by molar-refractivity contribution is 5.84. The Hall–Kier alpha value is -2.17. The molecule has 2 aliphatic rings. The first-order valence-corrected chi connectivity index (χ1v) is 11.8. The SMILES string of the molecule is C1CCC(NC2CCCCC2)CC1.COC(C(=O)O)(c1ccccc1)c1ccccc1. The van der Waals surface area contributed by atoms with Gasteiger partial charge in [-0.1, -0.05) is 99.2 Å². The van der Waals surface area contributed by atoms with Crippen LogP contribution >= 0.6 is 0 Å². The Morgan fingerprint density at radius 1 is 0.774 bits per heavy atom. The van der Waals surface area contributed by atoms with Crippen LogP contribution < -0.4 is 5.32 Å². The lowest BCUT2D eigenvalue weighted by molar-refractivity contribution is -0.158. The lowest BCUT2D eigenvalue weighted by Crippen LogP contribution is -2.40. The Morgan fingerprint density at radius 2 is 1.16 bits per heavy atom. The molecule has 4 rings (SSSR count). The standard InChI is InChI=1S/C15H14O3.C12H23N/c1-18-15(14(16)17,12-8-4-2-5-9-12)13-10-6-3-7-11-13;1-3-7-11(8-4-1)13-12-9-5-2-6-10-12/h2-11H,1H3,(H,16,17);11-13H,1-10H2. The molecule has 4 heteroatoms. The molecule has 0 aromatic heterocycles. The topological polar surface area (TPSA) is 58.6 Å². The summed E-state index contributed by atoms with van der Waals surface area (Å²) in [5.74, 6) is -1.03. The van der Waals surface area contributed by atoms with Gasteiger partial charge >= 0.3 is 5.97 Å². The zero-order chi connectivity index (χ0) is 21.9. The average Bonchev–Trinajstić information content (AvgIpc) is 2.83. The molecule has 2 N–H and O–H groups in total. The van der Waals surface area contributed by atoms with Crippen molar-refractivity contribution < 1.29 is 14.6 Å². The molecule has 0 radical (unpaired) electrons. The van der Waals surface area contributed by atoms with Crippen LogP contribution in [0.25, 0.3) is 0 Å². The molecule has 4 nitrogen and oxygen atoms in total. The smallest absolute Gasteiger partial charge is 0.345 e. The molecule has 0 atom stereocenters. The van der Waals surface area contributed by atoms with Crippen LogP contribution in [0.15, 0.2) is 60.7 Å². The van der Waals surface area contributed by atoms with Crippen molar-refractivity contribution in [1.29, 1.82) is 0 Å². The predicted molar refractivity (Wildman–Crippen MR) is 125 cm³/mol. The predicted octanol–water partition coefficient (Wildman–Crippen LogP) is 5.90. The number of benzene rings is 2. The van der Waals surface area contributed by atoms with Gasteiger partial charge in [0.1, 0.15) is 0 Å². The molecule has 0 heterocycles. The fraction of sp³-hybridized carbons (Fsp3) is 0.519. The molecule has 0 saturated heterocycles. The summed E-state index contributed by atoms with van der Waals surface area (Å²) >= 11 is 0. The van der Waals surface area contributed by atoms with E-state index in [0.29, 0.717) is 11.1 Å². The van der Waals surface area contributed by atoms with Gasteiger partial charge in [0.2, 0.25) is 5.60 Å². The van der Waals surface area contributed by atoms with Crippen molar-refractivity contribution in [3.63, 3.8) is 0 Å². The van der Waals surface area contributed by atoms with Crippen molar-refractivity contribution in [3.05, 3.63) is 71.8 Å². The maximum Gasteiger partial charge on any atom is 0.345 e. The molecule has 31 heavy (non-hydrogen) atoms. The van der Waals surface area contributed by atoms with Crippen LogP contribution in [0.3, 0.4) is 0 Å². The van der Waals surface area contributed by atoms with E-state index in [1.54, 1.807) is 48.5 Å². The minimum atomic E-state index is -1.46. The van der Waals surface area contributed by atoms with Crippen LogP contribution in [-0.4, -0.2) is 30.3 Å². The van der Waals surface area contributed by atoms with Crippen molar-refractivity contribution >= 4 is 5.97 Å². The molecule has 2 saturated carbocycles. The third-order valence-electron chi connectivity index (χ3n) is 6.65. The Kier molecular flexibility index (Phi) is 9.11. The van der Waals surface area contributed by atoms with E-state index in [9.17, 15) is 9.90 Å². The summed E-state index contributed by atoms with van der Waals surface area (Å²) < 4.78 is 5.37. The normalized spacial score (nSPS) is 18.1. The van der Waals surface area contributed by atoms with E-state index in [2.05, 4.69) is 5.32 Å². The van der Waals surface area contributed by atoms with Crippen molar-refractivity contribution in [3.8, 4) is 0 Å². The van der Waals surface area contributed by atoms with E-state index in [1.165, 1.54) is 71.3 Å². The first kappa shape index (κ1) is 23.5. The highest BCUT2D eigenvalue weighted by atomic mass is 16.5. The number of aliphatic carboxylic acids is 1. The molecular weight excluding hydrogens is 386 g/mol. The summed E-state index contributed by atoms with van der Waals surface area (Å²) in [6.07, 6.45) is 14.6. The van der Waals surface area contributed by atoms with Crippen LogP contribution in [0.5, 0.6) is 0 Å². The maximum absolute atomic E-state index is 11.7. The van der Waals surface area contributed by atoms with Crippen LogP contribution in [-0.2, 0) is 15.1 Å². The van der Waals surface area contributed by atoms with E-state index in [4.69, 9.17) is 4.74 Å². The maximum atomic E-state index is 11.7. The number of methoxy groups -OCH3 is 1. The quantitative estimate of drug-likeness (QED) is 0.607. The first-order chi connectivity index (χ1) is 15.2. The highest BCUT2D eigenvalue weighted by Gasteiger charge is 2.42. The third-order valence-corrected chi connectivity index (χ3v) is 6.65. The van der Waals surface area contributed by atoms with Gasteiger partial charge in [0.05, 0.1) is 0 Å². The van der Waals surface area contributed by atoms with E-state index >= 15 is 0 Å². The number of nitrogens with one attached hydrogen (secondary N) is 1. The van der Waals surface area contributed by atoms with Crippen LogP contribution in [0, 0.1) is 0 Å². The number of carbonyl (C=O) groups is 1. The molecule has 168 valence electrons. The Morgan fingerprint density at radius 3 is 1.48 bits per heavy atom. The van der Waals surface area contributed by atoms with Gasteiger partial charge in [-0.25, -0.2) is 4.79 Å². The minimum absolute atomic E-state index is 0.603. The molecule has 0 bridgehead atoms. The summed E-state index contributed by atoms with van der Waals surface area (Å²) in [7, 11) is 1.41. The number of hydrogen-bond acceptors (Lipinski definition) is 3. The second-order valence-corrected chi connectivity index (χ2v) is 8.76. The highest BCUT2D eigenvalue weighted by Crippen LogP contribution is 2.33. The first-order valence-electron chi connectivity index (χ1n) is 11.8. The molecule has 2 aromatic carbocycles. The molecule has 0 aliphatic heterocycles. The molecule has 0 spiro atoms. The van der Waals surface area contributed by atoms with Gasteiger partial charge < -0.3 is 15.2 Å². The number of hydrogen-bond donors (Lipinski definition) is 2. The summed E-state index contributed by atoms with van der Waals surface area (Å²) in [4.78, 5) is 11.7. The lowest BCUT2D eigenvalue weighted by atomic mass is 9.86. The summed E-state index contributed by atoms with van der Waals surface area (Å²) in [6.45, 7) is 0. The zero-order valence-electron chi connectivity index (χ0n) is 18.8. The van der Waals surface area contributed by atoms with Crippen molar-refractivity contribution in [1.82, 2.24) is 5.32 Å². The second kappa shape index (κ2) is 12.0. The Balaban J connectivity index is 0.000000185. The van der Waals surface area contributed by atoms with E-state index in [-0.39, 0.29) is 0 Å². The van der Waals surface area contributed by atoms with Crippen molar-refractivity contribution in [2.24, 2.45) is 0 Å². The van der Waals surface area contributed by atoms with Gasteiger partial charge in [0.15, 0.2) is 0 Å². The minimum Gasteiger partial charge on any atom is -0.479 e. The number of carboxylic acid groups (broad SMARTS) is 1. The van der Waals surface area contributed by atoms with Crippen LogP contribution in [0.1, 0.15) is 75.3 Å². The molecule has 0 amide bonds. The summed E-state index contributed by atoms with van der Waals surface area (Å²) in [5.41, 5.74) is -0.250. The molecule has 2 aromatic rings. The largest absolute Gasteiger partial charge is 0.479 e. The molecule has 2 aliphatic carbocycles. The Labute approximate surface area is 187 Å². The number of ether oxygens (including phenoxy) is 1. The van der Waals surface area contributed by atoms with Gasteiger partial charge in [0.25, 0.3) is 0 Å². The van der Waals surface area contributed by atoms with Gasteiger partial charge in [-0.2, -0.15) is 0 Å². The third kappa shape index (κ3) is 6.18. The average molecular weight is 424 g/mol. The van der Waals surface area contributed by atoms with Crippen LogP contribution in [0.2, 0.25) is 0 Å². The fourth-order valence-corrected chi connectivity index (χ4v) is 4.95. The molecule has 0 unspecified atom stereocenters. The van der Waals surface area contributed by atoms with Crippen LogP contribution in [0.4, 0.5) is 0 Å². The lowest BCUT2D eigenvalue weighted by Gasteiger charge is -2.30. The van der Waals surface area contributed by atoms with Gasteiger partial charge in [-0.05, 0) is 36.8 Å². The fourth-order valence-electron chi connectivity index (χ4n) is 4.95. The van der Waals surface area contributed by atoms with Crippen molar-refractivity contribution in [2.75, 3.05) is 7.11 Å². The Bertz CT molecular complexity index is 710. The van der Waals surface area contributed by atoms with Gasteiger partial charge in [0, 0.05) is 19.2 Å².